The first-order chi connectivity index (χ1) is 7.21. The highest BCUT2D eigenvalue weighted by atomic mass is 16.3. The molecule has 0 amide bonds. The molecule has 1 aromatic rings. The van der Waals surface area contributed by atoms with Crippen molar-refractivity contribution in [3.8, 4) is 0 Å². The topological polar surface area (TPSA) is 46.9 Å². The van der Waals surface area contributed by atoms with E-state index in [4.69, 9.17) is 5.41 Å². The van der Waals surface area contributed by atoms with Crippen LogP contribution < -0.4 is 5.11 Å². The van der Waals surface area contributed by atoms with Crippen LogP contribution in [0.1, 0.15) is 43.0 Å². The molecule has 2 heteroatoms. The van der Waals surface area contributed by atoms with Crippen molar-refractivity contribution in [1.29, 1.82) is 5.41 Å². The third kappa shape index (κ3) is 2.84. The molecular weight excluding hydrogens is 198 g/mol. The molecule has 1 N–H and O–H groups in total. The summed E-state index contributed by atoms with van der Waals surface area (Å²) >= 11 is 0. The SMILES string of the molecule is Cc1cc(C(C)(C)C)cc(C)c1CC(=N)[O-]. The lowest BCUT2D eigenvalue weighted by atomic mass is 9.83. The van der Waals surface area contributed by atoms with Gasteiger partial charge in [-0.3, -0.25) is 0 Å². The van der Waals surface area contributed by atoms with Crippen LogP contribution in [0, 0.1) is 19.3 Å². The van der Waals surface area contributed by atoms with Crippen LogP contribution in [0.5, 0.6) is 0 Å². The molecular formula is C14H20NO-. The van der Waals surface area contributed by atoms with E-state index in [-0.39, 0.29) is 11.8 Å². The highest BCUT2D eigenvalue weighted by Crippen LogP contribution is 2.26. The highest BCUT2D eigenvalue weighted by molar-refractivity contribution is 5.72. The fourth-order valence-electron chi connectivity index (χ4n) is 1.87. The third-order valence-corrected chi connectivity index (χ3v) is 2.90. The Morgan fingerprint density at radius 3 is 1.94 bits per heavy atom. The van der Waals surface area contributed by atoms with Gasteiger partial charge in [-0.05, 0) is 47.4 Å². The van der Waals surface area contributed by atoms with Gasteiger partial charge in [-0.2, -0.15) is 0 Å². The molecule has 0 aromatic heterocycles. The Balaban J connectivity index is 3.23. The molecule has 0 saturated carbocycles. The molecule has 88 valence electrons. The molecule has 0 atom stereocenters. The quantitative estimate of drug-likeness (QED) is 0.601. The molecule has 1 aromatic carbocycles. The maximum Gasteiger partial charge on any atom is 0.000434 e. The van der Waals surface area contributed by atoms with Crippen LogP contribution in [-0.4, -0.2) is 5.90 Å². The summed E-state index contributed by atoms with van der Waals surface area (Å²) in [7, 11) is 0. The average molecular weight is 218 g/mol. The van der Waals surface area contributed by atoms with Crippen molar-refractivity contribution >= 4 is 5.90 Å². The minimum absolute atomic E-state index is 0.124. The summed E-state index contributed by atoms with van der Waals surface area (Å²) in [6, 6.07) is 4.26. The molecule has 1 rings (SSSR count). The summed E-state index contributed by atoms with van der Waals surface area (Å²) < 4.78 is 0. The molecule has 0 saturated heterocycles. The second-order valence-corrected chi connectivity index (χ2v) is 5.44. The number of aryl methyl sites for hydroxylation is 2. The molecule has 0 aliphatic rings. The van der Waals surface area contributed by atoms with Crippen molar-refractivity contribution in [2.45, 2.75) is 46.5 Å². The minimum atomic E-state index is -0.519. The van der Waals surface area contributed by atoms with Crippen LogP contribution in [-0.2, 0) is 11.8 Å². The molecule has 0 spiro atoms. The maximum atomic E-state index is 10.9. The van der Waals surface area contributed by atoms with E-state index in [0.717, 1.165) is 16.7 Å². The lowest BCUT2D eigenvalue weighted by Gasteiger charge is -2.23. The van der Waals surface area contributed by atoms with Gasteiger partial charge >= 0.3 is 0 Å². The third-order valence-electron chi connectivity index (χ3n) is 2.90. The molecule has 0 radical (unpaired) electrons. The van der Waals surface area contributed by atoms with Crippen molar-refractivity contribution in [2.75, 3.05) is 0 Å². The van der Waals surface area contributed by atoms with Crippen molar-refractivity contribution in [1.82, 2.24) is 0 Å². The van der Waals surface area contributed by atoms with Gasteiger partial charge in [-0.1, -0.05) is 32.9 Å². The lowest BCUT2D eigenvalue weighted by Crippen LogP contribution is -2.20. The second kappa shape index (κ2) is 4.28. The van der Waals surface area contributed by atoms with Crippen LogP contribution >= 0.6 is 0 Å². The summed E-state index contributed by atoms with van der Waals surface area (Å²) in [5.41, 5.74) is 4.65. The van der Waals surface area contributed by atoms with Crippen LogP contribution in [0.3, 0.4) is 0 Å². The Bertz CT molecular complexity index is 390. The Kier molecular flexibility index (Phi) is 3.41. The van der Waals surface area contributed by atoms with E-state index < -0.39 is 5.90 Å². The number of nitrogens with one attached hydrogen (secondary N) is 1. The smallest absolute Gasteiger partial charge is 0.000434 e. The first kappa shape index (κ1) is 12.8. The van der Waals surface area contributed by atoms with Gasteiger partial charge in [0.2, 0.25) is 0 Å². The van der Waals surface area contributed by atoms with Gasteiger partial charge in [0.05, 0.1) is 0 Å². The van der Waals surface area contributed by atoms with Crippen LogP contribution in [0.15, 0.2) is 12.1 Å². The fourth-order valence-corrected chi connectivity index (χ4v) is 1.87. The first-order valence-electron chi connectivity index (χ1n) is 5.57. The summed E-state index contributed by atoms with van der Waals surface area (Å²) in [5, 5.41) is 17.9. The van der Waals surface area contributed by atoms with Crippen LogP contribution in [0.2, 0.25) is 0 Å². The zero-order valence-corrected chi connectivity index (χ0v) is 10.8. The van der Waals surface area contributed by atoms with Crippen molar-refractivity contribution in [3.05, 3.63) is 34.4 Å². The molecule has 0 heterocycles. The number of benzene rings is 1. The van der Waals surface area contributed by atoms with E-state index in [1.54, 1.807) is 0 Å². The Morgan fingerprint density at radius 1 is 1.19 bits per heavy atom. The largest absolute Gasteiger partial charge is 0.862 e. The number of hydrogen-bond donors (Lipinski definition) is 1. The van der Waals surface area contributed by atoms with E-state index in [0.29, 0.717) is 0 Å². The van der Waals surface area contributed by atoms with Crippen molar-refractivity contribution in [3.63, 3.8) is 0 Å². The van der Waals surface area contributed by atoms with E-state index in [1.165, 1.54) is 5.56 Å². The molecule has 0 fully saturated rings. The highest BCUT2D eigenvalue weighted by Gasteiger charge is 2.15. The second-order valence-electron chi connectivity index (χ2n) is 5.44. The normalized spacial score (nSPS) is 11.6. The fraction of sp³-hybridized carbons (Fsp3) is 0.500. The Hall–Kier alpha value is -1.31. The van der Waals surface area contributed by atoms with Crippen LogP contribution in [0.4, 0.5) is 0 Å². The van der Waals surface area contributed by atoms with Gasteiger partial charge in [-0.15, -0.1) is 0 Å². The minimum Gasteiger partial charge on any atom is -0.862 e. The zero-order chi connectivity index (χ0) is 12.5. The van der Waals surface area contributed by atoms with Gasteiger partial charge < -0.3 is 10.5 Å². The maximum absolute atomic E-state index is 10.9. The Morgan fingerprint density at radius 2 is 1.62 bits per heavy atom. The van der Waals surface area contributed by atoms with E-state index in [9.17, 15) is 5.11 Å². The lowest BCUT2D eigenvalue weighted by molar-refractivity contribution is -0.219. The molecule has 0 aliphatic carbocycles. The van der Waals surface area contributed by atoms with E-state index in [2.05, 4.69) is 32.9 Å². The standard InChI is InChI=1S/C14H21NO/c1-9-6-11(14(3,4)5)7-10(2)12(9)8-13(15)16/h6-7H,8H2,1-5H3,(H2,15,16)/p-1. The summed E-state index contributed by atoms with van der Waals surface area (Å²) in [6.45, 7) is 10.6. The van der Waals surface area contributed by atoms with E-state index in [1.807, 2.05) is 13.8 Å². The summed E-state index contributed by atoms with van der Waals surface area (Å²) in [6.07, 6.45) is 0.224. The number of rotatable bonds is 2. The van der Waals surface area contributed by atoms with Gasteiger partial charge in [0, 0.05) is 6.42 Å². The summed E-state index contributed by atoms with van der Waals surface area (Å²) in [5.74, 6) is -0.519. The zero-order valence-electron chi connectivity index (χ0n) is 10.8. The molecule has 0 unspecified atom stereocenters. The van der Waals surface area contributed by atoms with Crippen LogP contribution in [0.25, 0.3) is 0 Å². The average Bonchev–Trinajstić information content (AvgIpc) is 2.09. The van der Waals surface area contributed by atoms with Gasteiger partial charge in [0.1, 0.15) is 0 Å². The van der Waals surface area contributed by atoms with E-state index >= 15 is 0 Å². The Labute approximate surface area is 97.8 Å². The summed E-state index contributed by atoms with van der Waals surface area (Å²) in [4.78, 5) is 0. The predicted octanol–water partition coefficient (Wildman–Crippen LogP) is 2.48. The number of hydrogen-bond acceptors (Lipinski definition) is 2. The predicted molar refractivity (Wildman–Crippen MR) is 66.0 cm³/mol. The first-order valence-corrected chi connectivity index (χ1v) is 5.57. The molecule has 2 nitrogen and oxygen atoms in total. The molecule has 0 bridgehead atoms. The molecule has 16 heavy (non-hydrogen) atoms. The van der Waals surface area contributed by atoms with Gasteiger partial charge in [0.15, 0.2) is 0 Å². The molecule has 0 aliphatic heterocycles. The van der Waals surface area contributed by atoms with Crippen molar-refractivity contribution < 1.29 is 5.11 Å². The van der Waals surface area contributed by atoms with Gasteiger partial charge in [-0.25, -0.2) is 0 Å². The monoisotopic (exact) mass is 218 g/mol. The van der Waals surface area contributed by atoms with Gasteiger partial charge in [0.25, 0.3) is 0 Å². The van der Waals surface area contributed by atoms with Crippen molar-refractivity contribution in [2.24, 2.45) is 0 Å².